The number of hydrogen-bond donors (Lipinski definition) is 0. The molecule has 0 fully saturated rings. The van der Waals surface area contributed by atoms with Crippen LogP contribution in [0.3, 0.4) is 0 Å². The molecule has 284 valence electrons. The molecule has 1 heteroatoms. The van der Waals surface area contributed by atoms with Crippen LogP contribution in [0.15, 0.2) is 188 Å². The summed E-state index contributed by atoms with van der Waals surface area (Å²) in [6.07, 6.45) is 8.87. The molecule has 11 rings (SSSR count). The Morgan fingerprint density at radius 1 is 0.458 bits per heavy atom. The van der Waals surface area contributed by atoms with Gasteiger partial charge in [-0.1, -0.05) is 190 Å². The van der Waals surface area contributed by atoms with E-state index in [1.807, 2.05) is 0 Å². The van der Waals surface area contributed by atoms with Crippen LogP contribution in [-0.2, 0) is 23.7 Å². The fourth-order valence-electron chi connectivity index (χ4n) is 11.2. The zero-order chi connectivity index (χ0) is 39.6. The van der Waals surface area contributed by atoms with Crippen LogP contribution >= 0.6 is 0 Å². The number of anilines is 3. The second-order valence-corrected chi connectivity index (χ2v) is 16.5. The van der Waals surface area contributed by atoms with Crippen LogP contribution < -0.4 is 4.90 Å². The maximum Gasteiger partial charge on any atom is 0.0713 e. The fraction of sp³-hybridized carbons (Fsp3) is 0.138. The Morgan fingerprint density at radius 3 is 1.68 bits per heavy atom. The average Bonchev–Trinajstić information content (AvgIpc) is 3.69. The van der Waals surface area contributed by atoms with Crippen LogP contribution in [0, 0.1) is 0 Å². The van der Waals surface area contributed by atoms with Crippen molar-refractivity contribution in [2.75, 3.05) is 4.90 Å². The van der Waals surface area contributed by atoms with Gasteiger partial charge in [0.15, 0.2) is 0 Å². The van der Waals surface area contributed by atoms with Gasteiger partial charge in [0.2, 0.25) is 0 Å². The van der Waals surface area contributed by atoms with E-state index in [1.165, 1.54) is 95.0 Å². The van der Waals surface area contributed by atoms with Crippen LogP contribution in [0.2, 0.25) is 0 Å². The van der Waals surface area contributed by atoms with Crippen molar-refractivity contribution in [3.8, 4) is 22.3 Å². The van der Waals surface area contributed by atoms with Gasteiger partial charge in [-0.2, -0.15) is 0 Å². The highest BCUT2D eigenvalue weighted by molar-refractivity contribution is 5.94. The third-order valence-electron chi connectivity index (χ3n) is 13.9. The minimum atomic E-state index is -0.407. The summed E-state index contributed by atoms with van der Waals surface area (Å²) in [4.78, 5) is 2.52. The number of aryl methyl sites for hydroxylation is 2. The number of fused-ring (bicyclic) bond motifs is 8. The van der Waals surface area contributed by atoms with E-state index in [2.05, 4.69) is 219 Å². The highest BCUT2D eigenvalue weighted by Crippen LogP contribution is 2.58. The number of hydrogen-bond acceptors (Lipinski definition) is 1. The highest BCUT2D eigenvalue weighted by Gasteiger charge is 2.46. The van der Waals surface area contributed by atoms with Gasteiger partial charge in [-0.3, -0.25) is 0 Å². The van der Waals surface area contributed by atoms with Crippen LogP contribution in [0.5, 0.6) is 0 Å². The van der Waals surface area contributed by atoms with Gasteiger partial charge in [-0.05, 0) is 128 Å². The lowest BCUT2D eigenvalue weighted by atomic mass is 9.67. The Balaban J connectivity index is 1.02. The molecule has 0 saturated carbocycles. The largest absolute Gasteiger partial charge is 0.310 e. The molecule has 2 aliphatic carbocycles. The van der Waals surface area contributed by atoms with Gasteiger partial charge in [0.1, 0.15) is 0 Å². The molecule has 0 aromatic heterocycles. The molecule has 0 spiro atoms. The molecule has 0 unspecified atom stereocenters. The molecule has 1 aliphatic heterocycles. The van der Waals surface area contributed by atoms with E-state index in [0.29, 0.717) is 0 Å². The molecule has 8 aromatic rings. The van der Waals surface area contributed by atoms with Crippen molar-refractivity contribution in [2.45, 2.75) is 50.4 Å². The number of rotatable bonds is 7. The minimum absolute atomic E-state index is 0.0761. The fourth-order valence-corrected chi connectivity index (χ4v) is 11.2. The van der Waals surface area contributed by atoms with E-state index in [-0.39, 0.29) is 5.41 Å². The molecule has 0 bridgehead atoms. The van der Waals surface area contributed by atoms with Crippen molar-refractivity contribution in [3.05, 3.63) is 244 Å². The minimum Gasteiger partial charge on any atom is -0.310 e. The molecule has 8 aromatic carbocycles. The lowest BCUT2D eigenvalue weighted by molar-refractivity contribution is 0.490. The Kier molecular flexibility index (Phi) is 8.41. The second kappa shape index (κ2) is 14.0. The third kappa shape index (κ3) is 5.24. The van der Waals surface area contributed by atoms with Crippen LogP contribution in [-0.4, -0.2) is 0 Å². The lowest BCUT2D eigenvalue weighted by Gasteiger charge is -2.33. The van der Waals surface area contributed by atoms with Crippen molar-refractivity contribution in [1.82, 2.24) is 0 Å². The Bertz CT molecular complexity index is 2820. The van der Waals surface area contributed by atoms with Gasteiger partial charge < -0.3 is 4.90 Å². The lowest BCUT2D eigenvalue weighted by Crippen LogP contribution is -2.28. The normalized spacial score (nSPS) is 15.1. The Hall–Kier alpha value is -6.70. The molecular weight excluding hydrogens is 711 g/mol. The average molecular weight is 758 g/mol. The van der Waals surface area contributed by atoms with E-state index in [9.17, 15) is 0 Å². The molecule has 1 nitrogen and oxygen atoms in total. The first-order valence-electron chi connectivity index (χ1n) is 21.4. The zero-order valence-electron chi connectivity index (χ0n) is 33.8. The first kappa shape index (κ1) is 35.5. The van der Waals surface area contributed by atoms with E-state index >= 15 is 0 Å². The summed E-state index contributed by atoms with van der Waals surface area (Å²) in [5.41, 5.74) is 22.1. The standard InChI is InChI=1S/C58H47N/c1-3-57(4-2)52-38-40(31-36-47(52)48-37-35-46(39-53(48)57)59-54-28-15-11-18-41(54)33-34-42-19-12-16-29-55(42)59)30-32-43-20-17-27-51-56(43)49-25-13-14-26-50(49)58(51,44-21-7-5-8-22-44)45-23-9-6-10-24-45/h5-32,35-39H,3-4,33-34H2,1-2H3/b32-30+. The SMILES string of the molecule is CCC1(CC)c2cc(/C=C/c3cccc4c3-c3ccccc3C4(c3ccccc3)c3ccccc3)ccc2-c2ccc(N3c4ccccc4CCc4ccccc43)cc21. The number of para-hydroxylation sites is 2. The van der Waals surface area contributed by atoms with E-state index < -0.39 is 5.41 Å². The van der Waals surface area contributed by atoms with Gasteiger partial charge in [-0.25, -0.2) is 0 Å². The highest BCUT2D eigenvalue weighted by atomic mass is 15.1. The summed E-state index contributed by atoms with van der Waals surface area (Å²) in [5, 5.41) is 0. The van der Waals surface area contributed by atoms with Gasteiger partial charge >= 0.3 is 0 Å². The Morgan fingerprint density at radius 2 is 1.02 bits per heavy atom. The smallest absolute Gasteiger partial charge is 0.0713 e. The van der Waals surface area contributed by atoms with Gasteiger partial charge in [-0.15, -0.1) is 0 Å². The quantitative estimate of drug-likeness (QED) is 0.146. The van der Waals surface area contributed by atoms with Crippen molar-refractivity contribution in [1.29, 1.82) is 0 Å². The van der Waals surface area contributed by atoms with E-state index in [4.69, 9.17) is 0 Å². The molecule has 59 heavy (non-hydrogen) atoms. The van der Waals surface area contributed by atoms with Crippen LogP contribution in [0.1, 0.15) is 82.3 Å². The van der Waals surface area contributed by atoms with Crippen LogP contribution in [0.4, 0.5) is 17.1 Å². The van der Waals surface area contributed by atoms with Crippen molar-refractivity contribution >= 4 is 29.2 Å². The first-order chi connectivity index (χ1) is 29.2. The Labute approximate surface area is 349 Å². The number of benzene rings is 8. The molecule has 0 atom stereocenters. The molecule has 0 radical (unpaired) electrons. The van der Waals surface area contributed by atoms with Crippen molar-refractivity contribution in [2.24, 2.45) is 0 Å². The predicted molar refractivity (Wildman–Crippen MR) is 248 cm³/mol. The summed E-state index contributed by atoms with van der Waals surface area (Å²) in [6, 6.07) is 70.5. The summed E-state index contributed by atoms with van der Waals surface area (Å²) in [7, 11) is 0. The summed E-state index contributed by atoms with van der Waals surface area (Å²) < 4.78 is 0. The third-order valence-corrected chi connectivity index (χ3v) is 13.9. The van der Waals surface area contributed by atoms with Crippen molar-refractivity contribution < 1.29 is 0 Å². The molecule has 0 saturated heterocycles. The topological polar surface area (TPSA) is 3.24 Å². The molecule has 0 N–H and O–H groups in total. The van der Waals surface area contributed by atoms with E-state index in [0.717, 1.165) is 25.7 Å². The van der Waals surface area contributed by atoms with E-state index in [1.54, 1.807) is 0 Å². The second-order valence-electron chi connectivity index (χ2n) is 16.5. The predicted octanol–water partition coefficient (Wildman–Crippen LogP) is 14.9. The van der Waals surface area contributed by atoms with Crippen molar-refractivity contribution in [3.63, 3.8) is 0 Å². The van der Waals surface area contributed by atoms with Crippen LogP contribution in [0.25, 0.3) is 34.4 Å². The van der Waals surface area contributed by atoms with Gasteiger partial charge in [0, 0.05) is 22.5 Å². The number of nitrogens with zero attached hydrogens (tertiary/aromatic N) is 1. The molecule has 3 aliphatic rings. The van der Waals surface area contributed by atoms with Gasteiger partial charge in [0.25, 0.3) is 0 Å². The maximum atomic E-state index is 2.52. The monoisotopic (exact) mass is 757 g/mol. The molecular formula is C58H47N. The summed E-state index contributed by atoms with van der Waals surface area (Å²) in [5.74, 6) is 0. The summed E-state index contributed by atoms with van der Waals surface area (Å²) >= 11 is 0. The molecule has 0 amide bonds. The molecule has 1 heterocycles. The maximum absolute atomic E-state index is 2.52. The van der Waals surface area contributed by atoms with Gasteiger partial charge in [0.05, 0.1) is 5.41 Å². The summed E-state index contributed by atoms with van der Waals surface area (Å²) in [6.45, 7) is 4.76. The first-order valence-corrected chi connectivity index (χ1v) is 21.4. The zero-order valence-corrected chi connectivity index (χ0v) is 33.8.